The second-order valence-corrected chi connectivity index (χ2v) is 6.52. The molecule has 1 aromatic rings. The third-order valence-corrected chi connectivity index (χ3v) is 4.67. The maximum absolute atomic E-state index is 11.6. The van der Waals surface area contributed by atoms with Crippen molar-refractivity contribution in [1.82, 2.24) is 4.31 Å². The highest BCUT2D eigenvalue weighted by molar-refractivity contribution is 7.89. The minimum atomic E-state index is -3.47. The number of nitrogens with zero attached hydrogens (tertiary/aromatic N) is 1. The Hall–Kier alpha value is -0.920. The minimum Gasteiger partial charge on any atom is -0.481 e. The lowest BCUT2D eigenvalue weighted by Crippen LogP contribution is -2.29. The molecule has 1 rings (SSSR count). The van der Waals surface area contributed by atoms with Crippen LogP contribution in [0.1, 0.15) is 11.3 Å². The number of aliphatic carboxylic acids is 1. The summed E-state index contributed by atoms with van der Waals surface area (Å²) < 4.78 is 24.4. The van der Waals surface area contributed by atoms with E-state index < -0.39 is 16.0 Å². The molecule has 0 aliphatic rings. The lowest BCUT2D eigenvalue weighted by molar-refractivity contribution is -0.136. The lowest BCUT2D eigenvalue weighted by atomic mass is 10.5. The van der Waals surface area contributed by atoms with Gasteiger partial charge in [0.25, 0.3) is 0 Å². The summed E-state index contributed by atoms with van der Waals surface area (Å²) in [5.41, 5.74) is 0. The molecule has 0 fully saturated rings. The van der Waals surface area contributed by atoms with Crippen LogP contribution in [0, 0.1) is 0 Å². The highest BCUT2D eigenvalue weighted by Crippen LogP contribution is 2.13. The highest BCUT2D eigenvalue weighted by atomic mass is 32.2. The third kappa shape index (κ3) is 3.92. The number of carboxylic acid groups (broad SMARTS) is 1. The zero-order valence-electron chi connectivity index (χ0n) is 8.79. The zero-order valence-corrected chi connectivity index (χ0v) is 10.4. The standard InChI is InChI=1S/C9H13NO4S2/c1-10(7-8-3-2-5-15-8)16(13,14)6-4-9(11)12/h2-3,5H,4,6-7H2,1H3,(H,11,12). The molecule has 0 unspecified atom stereocenters. The second kappa shape index (κ2) is 5.42. The van der Waals surface area contributed by atoms with Crippen LogP contribution in [0.25, 0.3) is 0 Å². The predicted octanol–water partition coefficient (Wildman–Crippen LogP) is 0.984. The van der Waals surface area contributed by atoms with Crippen molar-refractivity contribution in [3.05, 3.63) is 22.4 Å². The molecule has 0 atom stereocenters. The molecular formula is C9H13NO4S2. The molecule has 0 aliphatic heterocycles. The average molecular weight is 263 g/mol. The summed E-state index contributed by atoms with van der Waals surface area (Å²) in [4.78, 5) is 11.2. The van der Waals surface area contributed by atoms with Crippen molar-refractivity contribution in [3.63, 3.8) is 0 Å². The van der Waals surface area contributed by atoms with E-state index in [1.165, 1.54) is 22.7 Å². The molecule has 7 heteroatoms. The van der Waals surface area contributed by atoms with E-state index in [-0.39, 0.29) is 12.2 Å². The van der Waals surface area contributed by atoms with Crippen molar-refractivity contribution < 1.29 is 18.3 Å². The van der Waals surface area contributed by atoms with Gasteiger partial charge < -0.3 is 5.11 Å². The maximum atomic E-state index is 11.6. The van der Waals surface area contributed by atoms with Crippen LogP contribution in [0.5, 0.6) is 0 Å². The van der Waals surface area contributed by atoms with E-state index in [4.69, 9.17) is 5.11 Å². The van der Waals surface area contributed by atoms with Crippen molar-refractivity contribution in [1.29, 1.82) is 0 Å². The van der Waals surface area contributed by atoms with Crippen molar-refractivity contribution in [2.24, 2.45) is 0 Å². The molecule has 1 heterocycles. The van der Waals surface area contributed by atoms with Gasteiger partial charge in [0.2, 0.25) is 10.0 Å². The van der Waals surface area contributed by atoms with E-state index in [0.717, 1.165) is 4.88 Å². The van der Waals surface area contributed by atoms with Gasteiger partial charge in [-0.2, -0.15) is 4.31 Å². The topological polar surface area (TPSA) is 74.7 Å². The number of sulfonamides is 1. The fraction of sp³-hybridized carbons (Fsp3) is 0.444. The van der Waals surface area contributed by atoms with Gasteiger partial charge in [0.1, 0.15) is 0 Å². The minimum absolute atomic E-state index is 0.291. The van der Waals surface area contributed by atoms with Gasteiger partial charge in [-0.05, 0) is 11.4 Å². The number of carbonyl (C=O) groups is 1. The Bertz CT molecular complexity index is 438. The Morgan fingerprint density at radius 3 is 2.75 bits per heavy atom. The predicted molar refractivity (Wildman–Crippen MR) is 61.8 cm³/mol. The van der Waals surface area contributed by atoms with Crippen LogP contribution in [-0.2, 0) is 21.4 Å². The Morgan fingerprint density at radius 1 is 1.56 bits per heavy atom. The molecule has 0 saturated carbocycles. The van der Waals surface area contributed by atoms with E-state index in [0.29, 0.717) is 6.54 Å². The summed E-state index contributed by atoms with van der Waals surface area (Å²) in [6.07, 6.45) is -0.364. The van der Waals surface area contributed by atoms with Gasteiger partial charge in [-0.25, -0.2) is 8.42 Å². The molecule has 5 nitrogen and oxygen atoms in total. The van der Waals surface area contributed by atoms with Crippen LogP contribution < -0.4 is 0 Å². The molecule has 90 valence electrons. The fourth-order valence-electron chi connectivity index (χ4n) is 1.09. The molecule has 0 aliphatic carbocycles. The van der Waals surface area contributed by atoms with Gasteiger partial charge in [-0.3, -0.25) is 4.79 Å². The molecular weight excluding hydrogens is 250 g/mol. The summed E-state index contributed by atoms with van der Waals surface area (Å²) in [7, 11) is -2.02. The van der Waals surface area contributed by atoms with Gasteiger partial charge in [0, 0.05) is 18.5 Å². The molecule has 16 heavy (non-hydrogen) atoms. The monoisotopic (exact) mass is 263 g/mol. The Morgan fingerprint density at radius 2 is 2.25 bits per heavy atom. The largest absolute Gasteiger partial charge is 0.481 e. The quantitative estimate of drug-likeness (QED) is 0.830. The van der Waals surface area contributed by atoms with Crippen molar-refractivity contribution in [2.75, 3.05) is 12.8 Å². The maximum Gasteiger partial charge on any atom is 0.304 e. The summed E-state index contributed by atoms with van der Waals surface area (Å²) in [5.74, 6) is -1.46. The molecule has 0 bridgehead atoms. The van der Waals surface area contributed by atoms with E-state index in [9.17, 15) is 13.2 Å². The number of carboxylic acids is 1. The van der Waals surface area contributed by atoms with Gasteiger partial charge in [-0.15, -0.1) is 11.3 Å². The zero-order chi connectivity index (χ0) is 12.2. The normalized spacial score (nSPS) is 11.9. The number of hydrogen-bond acceptors (Lipinski definition) is 4. The van der Waals surface area contributed by atoms with Crippen LogP contribution in [0.4, 0.5) is 0 Å². The summed E-state index contributed by atoms with van der Waals surface area (Å²) in [5, 5.41) is 10.3. The van der Waals surface area contributed by atoms with Gasteiger partial charge >= 0.3 is 5.97 Å². The Balaban J connectivity index is 2.58. The van der Waals surface area contributed by atoms with Gasteiger partial charge in [0.05, 0.1) is 12.2 Å². The van der Waals surface area contributed by atoms with Gasteiger partial charge in [0.15, 0.2) is 0 Å². The van der Waals surface area contributed by atoms with Crippen LogP contribution in [0.15, 0.2) is 17.5 Å². The molecule has 1 N–H and O–H groups in total. The van der Waals surface area contributed by atoms with Crippen LogP contribution in [-0.4, -0.2) is 36.6 Å². The summed E-state index contributed by atoms with van der Waals surface area (Å²) in [6, 6.07) is 3.69. The molecule has 0 saturated heterocycles. The first-order chi connectivity index (χ1) is 7.42. The van der Waals surface area contributed by atoms with Crippen molar-refractivity contribution >= 4 is 27.3 Å². The van der Waals surface area contributed by atoms with E-state index in [1.807, 2.05) is 17.5 Å². The van der Waals surface area contributed by atoms with E-state index in [2.05, 4.69) is 0 Å². The first kappa shape index (κ1) is 13.1. The first-order valence-corrected chi connectivity index (χ1v) is 7.09. The molecule has 1 aromatic heterocycles. The summed E-state index contributed by atoms with van der Waals surface area (Å²) in [6.45, 7) is 0.291. The second-order valence-electron chi connectivity index (χ2n) is 3.30. The number of hydrogen-bond donors (Lipinski definition) is 1. The van der Waals surface area contributed by atoms with Crippen LogP contribution >= 0.6 is 11.3 Å². The summed E-state index contributed by atoms with van der Waals surface area (Å²) >= 11 is 1.47. The number of rotatable bonds is 6. The first-order valence-electron chi connectivity index (χ1n) is 4.60. The molecule has 0 spiro atoms. The molecule has 0 amide bonds. The Labute approximate surface area is 98.4 Å². The lowest BCUT2D eigenvalue weighted by Gasteiger charge is -2.15. The van der Waals surface area contributed by atoms with Gasteiger partial charge in [-0.1, -0.05) is 6.07 Å². The average Bonchev–Trinajstić information content (AvgIpc) is 2.67. The van der Waals surface area contributed by atoms with Crippen LogP contribution in [0.3, 0.4) is 0 Å². The van der Waals surface area contributed by atoms with E-state index >= 15 is 0 Å². The molecule has 0 radical (unpaired) electrons. The number of thiophene rings is 1. The van der Waals surface area contributed by atoms with Crippen molar-refractivity contribution in [2.45, 2.75) is 13.0 Å². The van der Waals surface area contributed by atoms with E-state index in [1.54, 1.807) is 0 Å². The highest BCUT2D eigenvalue weighted by Gasteiger charge is 2.19. The smallest absolute Gasteiger partial charge is 0.304 e. The van der Waals surface area contributed by atoms with Crippen molar-refractivity contribution in [3.8, 4) is 0 Å². The SMILES string of the molecule is CN(Cc1cccs1)S(=O)(=O)CCC(=O)O. The third-order valence-electron chi connectivity index (χ3n) is 2.01. The van der Waals surface area contributed by atoms with Crippen LogP contribution in [0.2, 0.25) is 0 Å². The molecule has 0 aromatic carbocycles. The Kier molecular flexibility index (Phi) is 4.45. The fourth-order valence-corrected chi connectivity index (χ4v) is 3.01.